The van der Waals surface area contributed by atoms with Gasteiger partial charge >= 0.3 is 6.03 Å². The number of rotatable bonds is 5. The smallest absolute Gasteiger partial charge is 0.327 e. The van der Waals surface area contributed by atoms with Crippen LogP contribution in [0.3, 0.4) is 0 Å². The number of aromatic nitrogens is 2. The number of urea groups is 1. The molecule has 0 radical (unpaired) electrons. The zero-order valence-electron chi connectivity index (χ0n) is 13.7. The van der Waals surface area contributed by atoms with Crippen molar-refractivity contribution >= 4 is 11.7 Å². The van der Waals surface area contributed by atoms with E-state index < -0.39 is 0 Å². The second-order valence-electron chi connectivity index (χ2n) is 5.39. The zero-order valence-corrected chi connectivity index (χ0v) is 13.7. The lowest BCUT2D eigenvalue weighted by molar-refractivity contribution is 0.249. The van der Waals surface area contributed by atoms with Gasteiger partial charge in [0, 0.05) is 14.1 Å². The number of anilines is 1. The first-order chi connectivity index (χ1) is 9.84. The summed E-state index contributed by atoms with van der Waals surface area (Å²) in [5, 5.41) is 5.57. The van der Waals surface area contributed by atoms with Gasteiger partial charge in [-0.3, -0.25) is 0 Å². The summed E-state index contributed by atoms with van der Waals surface area (Å²) in [6.07, 6.45) is 1.55. The van der Waals surface area contributed by atoms with Gasteiger partial charge in [-0.2, -0.15) is 0 Å². The molecule has 0 aliphatic rings. The van der Waals surface area contributed by atoms with Gasteiger partial charge in [-0.25, -0.2) is 19.7 Å². The van der Waals surface area contributed by atoms with Gasteiger partial charge in [-0.05, 0) is 11.8 Å². The highest BCUT2D eigenvalue weighted by Gasteiger charge is 2.27. The first kappa shape index (κ1) is 16.9. The van der Waals surface area contributed by atoms with E-state index in [1.165, 1.54) is 4.90 Å². The highest BCUT2D eigenvalue weighted by Crippen LogP contribution is 2.33. The molecule has 2 N–H and O–H groups in total. The van der Waals surface area contributed by atoms with Gasteiger partial charge in [-0.15, -0.1) is 0 Å². The Morgan fingerprint density at radius 3 is 1.90 bits per heavy atom. The van der Waals surface area contributed by atoms with E-state index in [1.54, 1.807) is 20.4 Å². The third-order valence-electron chi connectivity index (χ3n) is 3.17. The van der Waals surface area contributed by atoms with Crippen molar-refractivity contribution in [3.05, 3.63) is 30.1 Å². The molecule has 0 aliphatic carbocycles. The molecule has 0 aromatic carbocycles. The van der Waals surface area contributed by atoms with Crippen LogP contribution >= 0.6 is 0 Å². The van der Waals surface area contributed by atoms with Crippen LogP contribution in [0.15, 0.2) is 18.7 Å². The molecule has 116 valence electrons. The quantitative estimate of drug-likeness (QED) is 0.874. The zero-order chi connectivity index (χ0) is 16.2. The fraction of sp³-hybridized carbons (Fsp3) is 0.533. The normalized spacial score (nSPS) is 10.7. The highest BCUT2D eigenvalue weighted by atomic mass is 16.2. The fourth-order valence-electron chi connectivity index (χ4n) is 2.06. The maximum Gasteiger partial charge on any atom is 0.327 e. The molecule has 0 unspecified atom stereocenters. The second kappa shape index (κ2) is 7.06. The number of carbonyl (C=O) groups excluding carboxylic acids is 1. The van der Waals surface area contributed by atoms with Gasteiger partial charge in [0.1, 0.15) is 12.1 Å². The molecule has 0 atom stereocenters. The van der Waals surface area contributed by atoms with Crippen molar-refractivity contribution in [2.45, 2.75) is 39.5 Å². The Balaban J connectivity index is 3.61. The van der Waals surface area contributed by atoms with Crippen LogP contribution in [0.5, 0.6) is 0 Å². The van der Waals surface area contributed by atoms with Crippen molar-refractivity contribution < 1.29 is 4.79 Å². The Labute approximate surface area is 126 Å². The van der Waals surface area contributed by atoms with Crippen LogP contribution in [0.1, 0.15) is 50.9 Å². The Bertz CT molecular complexity index is 483. The molecule has 21 heavy (non-hydrogen) atoms. The van der Waals surface area contributed by atoms with Gasteiger partial charge in [0.25, 0.3) is 0 Å². The van der Waals surface area contributed by atoms with E-state index in [-0.39, 0.29) is 17.9 Å². The van der Waals surface area contributed by atoms with E-state index in [0.29, 0.717) is 11.5 Å². The maximum atomic E-state index is 12.3. The fourth-order valence-corrected chi connectivity index (χ4v) is 2.06. The van der Waals surface area contributed by atoms with Crippen LogP contribution < -0.4 is 15.5 Å². The minimum atomic E-state index is -0.270. The van der Waals surface area contributed by atoms with E-state index in [1.807, 2.05) is 27.7 Å². The van der Waals surface area contributed by atoms with E-state index in [0.717, 1.165) is 11.4 Å². The van der Waals surface area contributed by atoms with Gasteiger partial charge in [0.2, 0.25) is 0 Å². The number of nitrogens with zero attached hydrogens (tertiary/aromatic N) is 3. The third kappa shape index (κ3) is 3.51. The minimum absolute atomic E-state index is 0.164. The van der Waals surface area contributed by atoms with E-state index >= 15 is 0 Å². The molecule has 6 heteroatoms. The topological polar surface area (TPSA) is 70.2 Å². The van der Waals surface area contributed by atoms with Crippen molar-refractivity contribution in [3.63, 3.8) is 0 Å². The van der Waals surface area contributed by atoms with Crippen molar-refractivity contribution in [2.24, 2.45) is 0 Å². The molecular formula is C15H25N5O. The van der Waals surface area contributed by atoms with Crippen LogP contribution in [-0.4, -0.2) is 30.1 Å². The molecule has 0 saturated heterocycles. The van der Waals surface area contributed by atoms with E-state index in [9.17, 15) is 4.79 Å². The predicted octanol–water partition coefficient (Wildman–Crippen LogP) is 2.56. The molecule has 0 fully saturated rings. The van der Waals surface area contributed by atoms with Crippen LogP contribution in [0.4, 0.5) is 10.5 Å². The summed E-state index contributed by atoms with van der Waals surface area (Å²) in [4.78, 5) is 22.6. The summed E-state index contributed by atoms with van der Waals surface area (Å²) in [5.41, 5.74) is 2.36. The van der Waals surface area contributed by atoms with Crippen molar-refractivity contribution in [2.75, 3.05) is 19.0 Å². The second-order valence-corrected chi connectivity index (χ2v) is 5.39. The highest BCUT2D eigenvalue weighted by molar-refractivity contribution is 5.96. The number of hydrogen-bond acceptors (Lipinski definition) is 4. The lowest BCUT2D eigenvalue weighted by Crippen LogP contribution is -2.42. The summed E-state index contributed by atoms with van der Waals surface area (Å²) in [6, 6.07) is -0.270. The third-order valence-corrected chi connectivity index (χ3v) is 3.17. The lowest BCUT2D eigenvalue weighted by Gasteiger charge is -2.29. The average Bonchev–Trinajstić information content (AvgIpc) is 2.46. The SMILES string of the molecule is C=C(NC)N(C(=O)NC)c1c(C(C)C)ncnc1C(C)C. The predicted molar refractivity (Wildman–Crippen MR) is 85.3 cm³/mol. The summed E-state index contributed by atoms with van der Waals surface area (Å²) in [7, 11) is 3.32. The number of hydrogen-bond donors (Lipinski definition) is 2. The van der Waals surface area contributed by atoms with E-state index in [4.69, 9.17) is 0 Å². The molecule has 2 amide bonds. The minimum Gasteiger partial charge on any atom is -0.375 e. The largest absolute Gasteiger partial charge is 0.375 e. The molecule has 0 spiro atoms. The molecule has 0 saturated carbocycles. The lowest BCUT2D eigenvalue weighted by atomic mass is 10.0. The Kier molecular flexibility index (Phi) is 5.69. The van der Waals surface area contributed by atoms with E-state index in [2.05, 4.69) is 27.2 Å². The van der Waals surface area contributed by atoms with Gasteiger partial charge in [0.15, 0.2) is 0 Å². The van der Waals surface area contributed by atoms with Gasteiger partial charge in [-0.1, -0.05) is 34.3 Å². The van der Waals surface area contributed by atoms with Gasteiger partial charge in [0.05, 0.1) is 17.1 Å². The Morgan fingerprint density at radius 1 is 1.10 bits per heavy atom. The van der Waals surface area contributed by atoms with Crippen LogP contribution in [-0.2, 0) is 0 Å². The maximum absolute atomic E-state index is 12.3. The Hall–Kier alpha value is -2.11. The van der Waals surface area contributed by atoms with Gasteiger partial charge < -0.3 is 10.6 Å². The first-order valence-electron chi connectivity index (χ1n) is 7.08. The average molecular weight is 291 g/mol. The monoisotopic (exact) mass is 291 g/mol. The first-order valence-corrected chi connectivity index (χ1v) is 7.08. The Morgan fingerprint density at radius 2 is 1.57 bits per heavy atom. The number of nitrogens with one attached hydrogen (secondary N) is 2. The van der Waals surface area contributed by atoms with Crippen molar-refractivity contribution in [3.8, 4) is 0 Å². The molecule has 1 rings (SSSR count). The molecule has 6 nitrogen and oxygen atoms in total. The molecule has 0 aliphatic heterocycles. The number of carbonyl (C=O) groups is 1. The standard InChI is InChI=1S/C15H25N5O/c1-9(2)12-14(13(10(3)4)19-8-18-12)20(11(5)16-6)15(21)17-7/h8-10,16H,5H2,1-4,6-7H3,(H,17,21). The van der Waals surface area contributed by atoms with Crippen molar-refractivity contribution in [1.82, 2.24) is 20.6 Å². The van der Waals surface area contributed by atoms with Crippen LogP contribution in [0.25, 0.3) is 0 Å². The molecule has 1 heterocycles. The van der Waals surface area contributed by atoms with Crippen molar-refractivity contribution in [1.29, 1.82) is 0 Å². The summed E-state index contributed by atoms with van der Waals surface area (Å²) in [6.45, 7) is 12.1. The molecular weight excluding hydrogens is 266 g/mol. The number of amides is 2. The molecule has 1 aromatic heterocycles. The van der Waals surface area contributed by atoms with Crippen LogP contribution in [0, 0.1) is 0 Å². The van der Waals surface area contributed by atoms with Crippen LogP contribution in [0.2, 0.25) is 0 Å². The summed E-state index contributed by atoms with van der Waals surface area (Å²) < 4.78 is 0. The molecule has 1 aromatic rings. The molecule has 0 bridgehead atoms. The summed E-state index contributed by atoms with van der Waals surface area (Å²) >= 11 is 0. The summed E-state index contributed by atoms with van der Waals surface area (Å²) in [5.74, 6) is 0.808.